The number of aromatic nitrogens is 2. The molecule has 0 fully saturated rings. The maximum atomic E-state index is 11.7. The number of halogens is 1. The van der Waals surface area contributed by atoms with Crippen LogP contribution in [0.4, 0.5) is 10.5 Å². The van der Waals surface area contributed by atoms with E-state index >= 15 is 0 Å². The van der Waals surface area contributed by atoms with Gasteiger partial charge in [0.15, 0.2) is 0 Å². The number of hydrogen-bond acceptors (Lipinski definition) is 4. The Morgan fingerprint density at radius 1 is 1.18 bits per heavy atom. The highest BCUT2D eigenvalue weighted by Gasteiger charge is 2.10. The smallest absolute Gasteiger partial charge is 0.308 e. The molecule has 8 nitrogen and oxygen atoms in total. The van der Waals surface area contributed by atoms with Crippen LogP contribution < -0.4 is 21.9 Å². The first-order chi connectivity index (χ1) is 10.5. The number of carbonyl (C=O) groups is 2. The minimum absolute atomic E-state index is 0.235. The average Bonchev–Trinajstić information content (AvgIpc) is 2.45. The van der Waals surface area contributed by atoms with Gasteiger partial charge in [-0.15, -0.1) is 0 Å². The van der Waals surface area contributed by atoms with Crippen molar-refractivity contribution in [2.45, 2.75) is 6.54 Å². The Morgan fingerprint density at radius 2 is 1.86 bits per heavy atom. The molecule has 9 heteroatoms. The Hall–Kier alpha value is -2.87. The number of para-hydroxylation sites is 1. The third-order valence-corrected chi connectivity index (χ3v) is 2.84. The van der Waals surface area contributed by atoms with E-state index in [0.29, 0.717) is 5.69 Å². The molecule has 3 amide bonds. The van der Waals surface area contributed by atoms with E-state index in [0.717, 1.165) is 10.8 Å². The summed E-state index contributed by atoms with van der Waals surface area (Å²) in [5, 5.41) is 4.27. The number of imide groups is 1. The van der Waals surface area contributed by atoms with Crippen molar-refractivity contribution in [3.8, 4) is 0 Å². The number of amides is 3. The molecule has 0 radical (unpaired) electrons. The van der Waals surface area contributed by atoms with Gasteiger partial charge in [-0.05, 0) is 12.1 Å². The van der Waals surface area contributed by atoms with Crippen LogP contribution in [0.25, 0.3) is 0 Å². The number of benzene rings is 1. The number of hydrogen-bond donors (Lipinski definition) is 3. The molecule has 0 spiro atoms. The molecule has 0 saturated heterocycles. The topological polar surface area (TPSA) is 113 Å². The van der Waals surface area contributed by atoms with Gasteiger partial charge in [-0.3, -0.25) is 24.5 Å². The normalized spacial score (nSPS) is 10.0. The van der Waals surface area contributed by atoms with Crippen LogP contribution in [0.5, 0.6) is 0 Å². The minimum atomic E-state index is -0.798. The van der Waals surface area contributed by atoms with Crippen molar-refractivity contribution >= 4 is 29.2 Å². The standard InChI is InChI=1S/C13H11ClN4O4/c14-9-6-18(13(22)17-11(9)20)7-10(19)16-12(21)15-8-4-2-1-3-5-8/h1-6H,7H2,(H,17,20,22)(H2,15,16,19,21). The summed E-state index contributed by atoms with van der Waals surface area (Å²) in [6, 6.07) is 7.78. The van der Waals surface area contributed by atoms with Crippen LogP contribution >= 0.6 is 11.6 Å². The molecular formula is C13H11ClN4O4. The SMILES string of the molecule is O=C(Cn1cc(Cl)c(=O)[nH]c1=O)NC(=O)Nc1ccccc1. The summed E-state index contributed by atoms with van der Waals surface area (Å²) in [6.07, 6.45) is 1.03. The first kappa shape index (κ1) is 15.5. The number of H-pyrrole nitrogens is 1. The van der Waals surface area contributed by atoms with Gasteiger partial charge >= 0.3 is 11.7 Å². The van der Waals surface area contributed by atoms with E-state index in [2.05, 4.69) is 10.6 Å². The van der Waals surface area contributed by atoms with Gasteiger partial charge < -0.3 is 5.32 Å². The summed E-state index contributed by atoms with van der Waals surface area (Å²) in [5.41, 5.74) is -1.03. The number of aromatic amines is 1. The van der Waals surface area contributed by atoms with Gasteiger partial charge in [0.05, 0.1) is 0 Å². The van der Waals surface area contributed by atoms with Gasteiger partial charge in [-0.1, -0.05) is 29.8 Å². The highest BCUT2D eigenvalue weighted by atomic mass is 35.5. The monoisotopic (exact) mass is 322 g/mol. The Bertz CT molecular complexity index is 813. The lowest BCUT2D eigenvalue weighted by molar-refractivity contribution is -0.120. The van der Waals surface area contributed by atoms with E-state index in [-0.39, 0.29) is 5.02 Å². The molecule has 1 aromatic heterocycles. The van der Waals surface area contributed by atoms with Crippen LogP contribution in [0.2, 0.25) is 5.02 Å². The maximum absolute atomic E-state index is 11.7. The van der Waals surface area contributed by atoms with Gasteiger partial charge in [-0.25, -0.2) is 9.59 Å². The summed E-state index contributed by atoms with van der Waals surface area (Å²) in [5.74, 6) is -0.737. The Balaban J connectivity index is 1.99. The number of rotatable bonds is 3. The highest BCUT2D eigenvalue weighted by molar-refractivity contribution is 6.30. The number of urea groups is 1. The van der Waals surface area contributed by atoms with Crippen molar-refractivity contribution in [2.75, 3.05) is 5.32 Å². The zero-order valence-corrected chi connectivity index (χ0v) is 11.9. The number of carbonyl (C=O) groups excluding carboxylic acids is 2. The van der Waals surface area contributed by atoms with Crippen molar-refractivity contribution in [1.29, 1.82) is 0 Å². The molecule has 0 aliphatic heterocycles. The Morgan fingerprint density at radius 3 is 2.55 bits per heavy atom. The molecule has 0 aliphatic carbocycles. The second-order valence-corrected chi connectivity index (χ2v) is 4.64. The molecule has 1 aromatic carbocycles. The number of nitrogens with one attached hydrogen (secondary N) is 3. The predicted molar refractivity (Wildman–Crippen MR) is 79.9 cm³/mol. The second kappa shape index (κ2) is 6.72. The fraction of sp³-hybridized carbons (Fsp3) is 0.0769. The zero-order chi connectivity index (χ0) is 16.1. The average molecular weight is 323 g/mol. The van der Waals surface area contributed by atoms with E-state index in [4.69, 9.17) is 11.6 Å². The fourth-order valence-corrected chi connectivity index (χ4v) is 1.77. The first-order valence-electron chi connectivity index (χ1n) is 6.11. The number of anilines is 1. The molecule has 22 heavy (non-hydrogen) atoms. The largest absolute Gasteiger partial charge is 0.328 e. The van der Waals surface area contributed by atoms with Gasteiger partial charge in [0.1, 0.15) is 11.6 Å². The van der Waals surface area contributed by atoms with Crippen LogP contribution in [0.15, 0.2) is 46.1 Å². The van der Waals surface area contributed by atoms with E-state index in [9.17, 15) is 19.2 Å². The molecule has 0 aliphatic rings. The van der Waals surface area contributed by atoms with E-state index in [1.54, 1.807) is 30.3 Å². The summed E-state index contributed by atoms with van der Waals surface area (Å²) in [7, 11) is 0. The van der Waals surface area contributed by atoms with Crippen molar-refractivity contribution in [3.63, 3.8) is 0 Å². The van der Waals surface area contributed by atoms with Gasteiger partial charge in [0, 0.05) is 11.9 Å². The molecular weight excluding hydrogens is 312 g/mol. The Kier molecular flexibility index (Phi) is 4.74. The number of nitrogens with zero attached hydrogens (tertiary/aromatic N) is 1. The summed E-state index contributed by atoms with van der Waals surface area (Å²) >= 11 is 5.57. The lowest BCUT2D eigenvalue weighted by Gasteiger charge is -2.08. The van der Waals surface area contributed by atoms with Crippen LogP contribution in [0.3, 0.4) is 0 Å². The lowest BCUT2D eigenvalue weighted by atomic mass is 10.3. The molecule has 0 bridgehead atoms. The Labute approximate surface area is 128 Å². The van der Waals surface area contributed by atoms with E-state index in [1.807, 2.05) is 4.98 Å². The minimum Gasteiger partial charge on any atom is -0.308 e. The van der Waals surface area contributed by atoms with Crippen molar-refractivity contribution in [1.82, 2.24) is 14.9 Å². The van der Waals surface area contributed by atoms with Crippen LogP contribution in [0, 0.1) is 0 Å². The predicted octanol–water partition coefficient (Wildman–Crippen LogP) is 0.538. The summed E-state index contributed by atoms with van der Waals surface area (Å²) in [4.78, 5) is 47.8. The quantitative estimate of drug-likeness (QED) is 0.765. The van der Waals surface area contributed by atoms with Gasteiger partial charge in [0.25, 0.3) is 5.56 Å². The zero-order valence-electron chi connectivity index (χ0n) is 11.1. The third-order valence-electron chi connectivity index (χ3n) is 2.57. The van der Waals surface area contributed by atoms with Crippen LogP contribution in [-0.2, 0) is 11.3 Å². The van der Waals surface area contributed by atoms with Crippen LogP contribution in [-0.4, -0.2) is 21.5 Å². The lowest BCUT2D eigenvalue weighted by Crippen LogP contribution is -2.40. The van der Waals surface area contributed by atoms with Crippen molar-refractivity contribution < 1.29 is 9.59 Å². The van der Waals surface area contributed by atoms with Gasteiger partial charge in [-0.2, -0.15) is 0 Å². The fourth-order valence-electron chi connectivity index (χ4n) is 1.60. The maximum Gasteiger partial charge on any atom is 0.328 e. The van der Waals surface area contributed by atoms with E-state index < -0.39 is 29.7 Å². The molecule has 1 heterocycles. The van der Waals surface area contributed by atoms with Crippen molar-refractivity contribution in [2.24, 2.45) is 0 Å². The second-order valence-electron chi connectivity index (χ2n) is 4.23. The molecule has 2 aromatic rings. The third kappa shape index (κ3) is 4.06. The molecule has 0 atom stereocenters. The molecule has 2 rings (SSSR count). The highest BCUT2D eigenvalue weighted by Crippen LogP contribution is 2.04. The molecule has 3 N–H and O–H groups in total. The van der Waals surface area contributed by atoms with E-state index in [1.165, 1.54) is 0 Å². The molecule has 0 saturated carbocycles. The summed E-state index contributed by atoms with van der Waals surface area (Å²) in [6.45, 7) is -0.461. The first-order valence-corrected chi connectivity index (χ1v) is 6.48. The van der Waals surface area contributed by atoms with Crippen LogP contribution in [0.1, 0.15) is 0 Å². The molecule has 114 valence electrons. The molecule has 0 unspecified atom stereocenters. The van der Waals surface area contributed by atoms with Gasteiger partial charge in [0.2, 0.25) is 5.91 Å². The van der Waals surface area contributed by atoms with Crippen molar-refractivity contribution in [3.05, 3.63) is 62.4 Å². The summed E-state index contributed by atoms with van der Waals surface area (Å²) < 4.78 is 0.884.